The van der Waals surface area contributed by atoms with Gasteiger partial charge in [0.1, 0.15) is 11.6 Å². The summed E-state index contributed by atoms with van der Waals surface area (Å²) in [6.45, 7) is 3.35. The molecule has 0 aliphatic heterocycles. The number of carbonyl (C=O) groups is 1. The van der Waals surface area contributed by atoms with Gasteiger partial charge in [0.05, 0.1) is 19.0 Å². The molecule has 0 saturated carbocycles. The average Bonchev–Trinajstić information content (AvgIpc) is 2.52. The van der Waals surface area contributed by atoms with Crippen LogP contribution in [0, 0.1) is 0 Å². The maximum absolute atomic E-state index is 10.7. The Morgan fingerprint density at radius 1 is 1.24 bits per heavy atom. The van der Waals surface area contributed by atoms with Crippen LogP contribution in [0.3, 0.4) is 0 Å². The molecule has 1 aromatic heterocycles. The Kier molecular flexibility index (Phi) is 5.09. The van der Waals surface area contributed by atoms with Crippen molar-refractivity contribution < 1.29 is 14.6 Å². The Balaban J connectivity index is 1.88. The maximum Gasteiger partial charge on any atom is 0.356 e. The van der Waals surface area contributed by atoms with E-state index in [2.05, 4.69) is 22.2 Å². The van der Waals surface area contributed by atoms with Gasteiger partial charge in [-0.25, -0.2) is 14.8 Å². The lowest BCUT2D eigenvalue weighted by molar-refractivity contribution is 0.0690. The first kappa shape index (κ1) is 14.8. The number of nitrogens with one attached hydrogen (secondary N) is 1. The monoisotopic (exact) mass is 287 g/mol. The molecule has 0 fully saturated rings. The van der Waals surface area contributed by atoms with Crippen molar-refractivity contribution in [1.29, 1.82) is 0 Å². The smallest absolute Gasteiger partial charge is 0.356 e. The zero-order valence-corrected chi connectivity index (χ0v) is 11.7. The van der Waals surface area contributed by atoms with Crippen molar-refractivity contribution in [2.24, 2.45) is 0 Å². The van der Waals surface area contributed by atoms with Gasteiger partial charge in [0.2, 0.25) is 0 Å². The molecule has 0 amide bonds. The molecule has 110 valence electrons. The van der Waals surface area contributed by atoms with Crippen molar-refractivity contribution in [3.63, 3.8) is 0 Å². The number of anilines is 1. The van der Waals surface area contributed by atoms with Crippen LogP contribution in [0.1, 0.15) is 29.4 Å². The number of hydrogen-bond donors (Lipinski definition) is 2. The predicted octanol–water partition coefficient (Wildman–Crippen LogP) is 2.58. The summed E-state index contributed by atoms with van der Waals surface area (Å²) in [4.78, 5) is 18.5. The normalized spacial score (nSPS) is 10.1. The molecular weight excluding hydrogens is 270 g/mol. The van der Waals surface area contributed by atoms with Crippen molar-refractivity contribution in [3.8, 4) is 5.75 Å². The largest absolute Gasteiger partial charge is 0.494 e. The van der Waals surface area contributed by atoms with E-state index in [0.717, 1.165) is 17.7 Å². The maximum atomic E-state index is 10.7. The molecule has 2 aromatic rings. The molecule has 0 atom stereocenters. The number of aromatic nitrogens is 2. The van der Waals surface area contributed by atoms with Crippen molar-refractivity contribution >= 4 is 11.8 Å². The number of benzene rings is 1. The average molecular weight is 287 g/mol. The van der Waals surface area contributed by atoms with Gasteiger partial charge in [0, 0.05) is 6.54 Å². The zero-order valence-electron chi connectivity index (χ0n) is 11.7. The lowest BCUT2D eigenvalue weighted by atomic mass is 10.2. The van der Waals surface area contributed by atoms with Gasteiger partial charge in [-0.1, -0.05) is 19.1 Å². The minimum Gasteiger partial charge on any atom is -0.494 e. The summed E-state index contributed by atoms with van der Waals surface area (Å²) in [6, 6.07) is 7.78. The molecule has 0 spiro atoms. The van der Waals surface area contributed by atoms with Crippen LogP contribution in [-0.2, 0) is 6.54 Å². The molecule has 6 heteroatoms. The molecule has 0 aliphatic rings. The third-order valence-corrected chi connectivity index (χ3v) is 2.74. The van der Waals surface area contributed by atoms with E-state index in [1.165, 1.54) is 12.4 Å². The molecule has 1 aromatic carbocycles. The number of carboxylic acid groups (broad SMARTS) is 1. The van der Waals surface area contributed by atoms with E-state index in [9.17, 15) is 4.79 Å². The number of aromatic carboxylic acids is 1. The summed E-state index contributed by atoms with van der Waals surface area (Å²) in [5, 5.41) is 11.8. The number of ether oxygens (including phenoxy) is 1. The summed E-state index contributed by atoms with van der Waals surface area (Å²) in [5.41, 5.74) is 1.00. The molecule has 0 unspecified atom stereocenters. The molecule has 1 heterocycles. The second kappa shape index (κ2) is 7.23. The summed E-state index contributed by atoms with van der Waals surface area (Å²) < 4.78 is 5.51. The van der Waals surface area contributed by atoms with Gasteiger partial charge in [0.15, 0.2) is 5.69 Å². The van der Waals surface area contributed by atoms with E-state index < -0.39 is 5.97 Å². The first-order valence-electron chi connectivity index (χ1n) is 6.70. The fourth-order valence-electron chi connectivity index (χ4n) is 1.65. The molecule has 0 bridgehead atoms. The Morgan fingerprint density at radius 2 is 2.00 bits per heavy atom. The number of rotatable bonds is 7. The van der Waals surface area contributed by atoms with Gasteiger partial charge in [-0.15, -0.1) is 0 Å². The zero-order chi connectivity index (χ0) is 15.1. The van der Waals surface area contributed by atoms with Crippen LogP contribution in [0.2, 0.25) is 0 Å². The summed E-state index contributed by atoms with van der Waals surface area (Å²) in [7, 11) is 0. The van der Waals surface area contributed by atoms with Crippen molar-refractivity contribution in [2.75, 3.05) is 11.9 Å². The van der Waals surface area contributed by atoms with Crippen LogP contribution in [-0.4, -0.2) is 27.7 Å². The van der Waals surface area contributed by atoms with Crippen LogP contribution in [0.25, 0.3) is 0 Å². The number of nitrogens with zero attached hydrogens (tertiary/aromatic N) is 2. The Morgan fingerprint density at radius 3 is 2.57 bits per heavy atom. The van der Waals surface area contributed by atoms with Gasteiger partial charge >= 0.3 is 5.97 Å². The second-order valence-electron chi connectivity index (χ2n) is 4.44. The second-order valence-corrected chi connectivity index (χ2v) is 4.44. The lowest BCUT2D eigenvalue weighted by Gasteiger charge is -2.07. The number of hydrogen-bond acceptors (Lipinski definition) is 5. The molecule has 0 aliphatic carbocycles. The molecule has 6 nitrogen and oxygen atoms in total. The van der Waals surface area contributed by atoms with Gasteiger partial charge in [-0.05, 0) is 24.1 Å². The van der Waals surface area contributed by atoms with E-state index in [-0.39, 0.29) is 5.69 Å². The van der Waals surface area contributed by atoms with Crippen molar-refractivity contribution in [3.05, 3.63) is 47.9 Å². The highest BCUT2D eigenvalue weighted by Gasteiger charge is 2.04. The highest BCUT2D eigenvalue weighted by molar-refractivity contribution is 5.84. The quantitative estimate of drug-likeness (QED) is 0.814. The molecule has 2 N–H and O–H groups in total. The van der Waals surface area contributed by atoms with E-state index in [0.29, 0.717) is 19.0 Å². The summed E-state index contributed by atoms with van der Waals surface area (Å²) in [6.07, 6.45) is 3.61. The van der Waals surface area contributed by atoms with Crippen LogP contribution in [0.15, 0.2) is 36.7 Å². The summed E-state index contributed by atoms with van der Waals surface area (Å²) >= 11 is 0. The molecular formula is C15H17N3O3. The van der Waals surface area contributed by atoms with E-state index in [4.69, 9.17) is 9.84 Å². The van der Waals surface area contributed by atoms with Gasteiger partial charge in [-0.2, -0.15) is 0 Å². The molecule has 0 saturated heterocycles. The van der Waals surface area contributed by atoms with E-state index in [1.807, 2.05) is 24.3 Å². The predicted molar refractivity (Wildman–Crippen MR) is 78.5 cm³/mol. The van der Waals surface area contributed by atoms with Crippen molar-refractivity contribution in [2.45, 2.75) is 19.9 Å². The Bertz CT molecular complexity index is 582. The molecule has 21 heavy (non-hydrogen) atoms. The fraction of sp³-hybridized carbons (Fsp3) is 0.267. The molecule has 0 radical (unpaired) electrons. The third-order valence-electron chi connectivity index (χ3n) is 2.74. The minimum absolute atomic E-state index is 0.0713. The third kappa shape index (κ3) is 4.45. The highest BCUT2D eigenvalue weighted by atomic mass is 16.5. The van der Waals surface area contributed by atoms with Crippen LogP contribution in [0.5, 0.6) is 5.75 Å². The standard InChI is InChI=1S/C15H17N3O3/c1-2-7-21-12-5-3-11(4-6-12)8-17-14-10-16-13(9-18-14)15(19)20/h3-6,9-10H,2,7-8H2,1H3,(H,17,18)(H,19,20). The highest BCUT2D eigenvalue weighted by Crippen LogP contribution is 2.13. The molecule has 2 rings (SSSR count). The van der Waals surface area contributed by atoms with Crippen molar-refractivity contribution in [1.82, 2.24) is 9.97 Å². The Hall–Kier alpha value is -2.63. The lowest BCUT2D eigenvalue weighted by Crippen LogP contribution is -2.05. The first-order chi connectivity index (χ1) is 10.2. The van der Waals surface area contributed by atoms with Gasteiger partial charge in [-0.3, -0.25) is 0 Å². The minimum atomic E-state index is -1.09. The van der Waals surface area contributed by atoms with Gasteiger partial charge < -0.3 is 15.2 Å². The fourth-order valence-corrected chi connectivity index (χ4v) is 1.65. The SMILES string of the molecule is CCCOc1ccc(CNc2cnc(C(=O)O)cn2)cc1. The number of carboxylic acids is 1. The van der Waals surface area contributed by atoms with Crippen LogP contribution >= 0.6 is 0 Å². The topological polar surface area (TPSA) is 84.3 Å². The first-order valence-corrected chi connectivity index (χ1v) is 6.70. The van der Waals surface area contributed by atoms with Crippen LogP contribution in [0.4, 0.5) is 5.82 Å². The summed E-state index contributed by atoms with van der Waals surface area (Å²) in [5.74, 6) is 0.300. The Labute approximate surface area is 122 Å². The van der Waals surface area contributed by atoms with Crippen LogP contribution < -0.4 is 10.1 Å². The van der Waals surface area contributed by atoms with E-state index in [1.54, 1.807) is 0 Å². The van der Waals surface area contributed by atoms with Gasteiger partial charge in [0.25, 0.3) is 0 Å². The van der Waals surface area contributed by atoms with E-state index >= 15 is 0 Å².